The summed E-state index contributed by atoms with van der Waals surface area (Å²) in [5.74, 6) is 8.58. The molecule has 1 saturated heterocycles. The van der Waals surface area contributed by atoms with Crippen LogP contribution in [0.1, 0.15) is 48.2 Å². The van der Waals surface area contributed by atoms with Gasteiger partial charge in [0, 0.05) is 54.3 Å². The Hall–Kier alpha value is -4.20. The number of fused-ring (bicyclic) bond motifs is 3. The summed E-state index contributed by atoms with van der Waals surface area (Å²) in [6.45, 7) is 3.58. The molecule has 40 heavy (non-hydrogen) atoms. The van der Waals surface area contributed by atoms with Crippen LogP contribution < -0.4 is 27.3 Å². The number of halogens is 5. The minimum absolute atomic E-state index is 0.0482. The predicted molar refractivity (Wildman–Crippen MR) is 143 cm³/mol. The quantitative estimate of drug-likeness (QED) is 0.0916. The summed E-state index contributed by atoms with van der Waals surface area (Å²) in [7, 11) is 0. The second kappa shape index (κ2) is 10.1. The maximum atomic E-state index is 13.9. The Labute approximate surface area is 226 Å². The average molecular weight is 562 g/mol. The van der Waals surface area contributed by atoms with Crippen LogP contribution in [0.25, 0.3) is 16.6 Å². The first-order valence-electron chi connectivity index (χ1n) is 12.6. The van der Waals surface area contributed by atoms with Crippen LogP contribution in [0.15, 0.2) is 47.7 Å². The zero-order chi connectivity index (χ0) is 28.8. The number of amidine groups is 1. The molecule has 2 aromatic carbocycles. The molecule has 1 unspecified atom stereocenters. The van der Waals surface area contributed by atoms with Crippen molar-refractivity contribution >= 4 is 34.0 Å². The van der Waals surface area contributed by atoms with Gasteiger partial charge in [-0.25, -0.2) is 24.6 Å². The number of anilines is 2. The number of hydrazine groups is 1. The molecule has 1 aliphatic rings. The van der Waals surface area contributed by atoms with Gasteiger partial charge in [0.2, 0.25) is 5.95 Å². The molecule has 1 fully saturated rings. The van der Waals surface area contributed by atoms with Crippen molar-refractivity contribution in [1.82, 2.24) is 19.8 Å². The molecule has 1 aliphatic heterocycles. The van der Waals surface area contributed by atoms with Gasteiger partial charge in [-0.15, -0.1) is 0 Å². The number of piperidine rings is 1. The third-order valence-corrected chi connectivity index (χ3v) is 7.01. The highest BCUT2D eigenvalue weighted by Gasteiger charge is 2.37. The van der Waals surface area contributed by atoms with E-state index in [0.717, 1.165) is 11.8 Å². The number of hydrogen-bond acceptors (Lipinski definition) is 7. The Morgan fingerprint density at radius 1 is 1.12 bits per heavy atom. The Kier molecular flexibility index (Phi) is 6.90. The number of para-hydroxylation sites is 1. The van der Waals surface area contributed by atoms with Gasteiger partial charge >= 0.3 is 6.18 Å². The van der Waals surface area contributed by atoms with E-state index in [9.17, 15) is 22.0 Å². The number of alkyl halides is 5. The summed E-state index contributed by atoms with van der Waals surface area (Å²) in [5.41, 5.74) is 4.53. The van der Waals surface area contributed by atoms with Crippen LogP contribution in [0.2, 0.25) is 0 Å². The number of rotatable bonds is 5. The number of benzene rings is 2. The summed E-state index contributed by atoms with van der Waals surface area (Å²) < 4.78 is 70.3. The first-order chi connectivity index (χ1) is 18.9. The molecular formula is C26H28F5N9. The third-order valence-electron chi connectivity index (χ3n) is 7.01. The number of hydrogen-bond donors (Lipinski definition) is 4. The summed E-state index contributed by atoms with van der Waals surface area (Å²) in [4.78, 5) is 10.3. The topological polar surface area (TPSA) is 122 Å². The van der Waals surface area contributed by atoms with Crippen molar-refractivity contribution in [2.75, 3.05) is 23.3 Å². The Morgan fingerprint density at radius 2 is 1.82 bits per heavy atom. The normalized spacial score (nSPS) is 16.9. The van der Waals surface area contributed by atoms with Crippen LogP contribution in [0.3, 0.4) is 0 Å². The highest BCUT2D eigenvalue weighted by molar-refractivity contribution is 6.03. The standard InChI is InChI=1S/C26H28F5N9/c1-14-11-17(15(2)34-19-6-4-3-5-16(19)22(37-32)38-33)21-18(12-14)23-35-20(26(29,30)31)13-40(23)24(36-21)39-9-7-25(27,28)8-10-39/h3-6,11-13,15,34H,7-10,32-33H2,1-2H3,(H,37,38). The lowest BCUT2D eigenvalue weighted by Gasteiger charge is -2.33. The van der Waals surface area contributed by atoms with Gasteiger partial charge < -0.3 is 21.5 Å². The smallest absolute Gasteiger partial charge is 0.378 e. The Balaban J connectivity index is 1.68. The second-order valence-electron chi connectivity index (χ2n) is 9.86. The van der Waals surface area contributed by atoms with Gasteiger partial charge in [0.25, 0.3) is 5.92 Å². The summed E-state index contributed by atoms with van der Waals surface area (Å²) in [6.07, 6.45) is -4.68. The molecule has 14 heteroatoms. The zero-order valence-electron chi connectivity index (χ0n) is 21.7. The Morgan fingerprint density at radius 3 is 2.48 bits per heavy atom. The molecule has 3 heterocycles. The number of nitrogens with zero attached hydrogens (tertiary/aromatic N) is 5. The van der Waals surface area contributed by atoms with E-state index in [0.29, 0.717) is 27.7 Å². The molecule has 1 atom stereocenters. The highest BCUT2D eigenvalue weighted by atomic mass is 19.4. The van der Waals surface area contributed by atoms with Gasteiger partial charge in [0.1, 0.15) is 5.65 Å². The molecule has 212 valence electrons. The van der Waals surface area contributed by atoms with Gasteiger partial charge in [-0.2, -0.15) is 18.3 Å². The van der Waals surface area contributed by atoms with Crippen molar-refractivity contribution in [2.24, 2.45) is 16.8 Å². The minimum atomic E-state index is -4.70. The molecule has 6 N–H and O–H groups in total. The lowest BCUT2D eigenvalue weighted by molar-refractivity contribution is -0.140. The van der Waals surface area contributed by atoms with E-state index >= 15 is 0 Å². The van der Waals surface area contributed by atoms with E-state index < -0.39 is 36.7 Å². The molecule has 0 spiro atoms. The summed E-state index contributed by atoms with van der Waals surface area (Å²) in [6, 6.07) is 10.4. The first-order valence-corrected chi connectivity index (χ1v) is 12.6. The molecule has 0 bridgehead atoms. The molecular weight excluding hydrogens is 533 g/mol. The molecule has 2 aromatic heterocycles. The minimum Gasteiger partial charge on any atom is -0.378 e. The third kappa shape index (κ3) is 5.06. The number of aromatic nitrogens is 3. The molecule has 0 aliphatic carbocycles. The zero-order valence-corrected chi connectivity index (χ0v) is 21.7. The van der Waals surface area contributed by atoms with Crippen LogP contribution in [0.5, 0.6) is 0 Å². The van der Waals surface area contributed by atoms with E-state index in [2.05, 4.69) is 20.8 Å². The van der Waals surface area contributed by atoms with Crippen molar-refractivity contribution in [3.05, 3.63) is 65.0 Å². The number of imidazole rings is 1. The monoisotopic (exact) mass is 561 g/mol. The van der Waals surface area contributed by atoms with Crippen molar-refractivity contribution in [2.45, 2.75) is 44.8 Å². The van der Waals surface area contributed by atoms with Crippen molar-refractivity contribution in [3.63, 3.8) is 0 Å². The second-order valence-corrected chi connectivity index (χ2v) is 9.86. The van der Waals surface area contributed by atoms with Gasteiger partial charge in [-0.1, -0.05) is 18.2 Å². The molecule has 0 amide bonds. The fraction of sp³-hybridized carbons (Fsp3) is 0.346. The fourth-order valence-corrected chi connectivity index (χ4v) is 5.01. The van der Waals surface area contributed by atoms with Gasteiger partial charge in [0.05, 0.1) is 11.6 Å². The summed E-state index contributed by atoms with van der Waals surface area (Å²) >= 11 is 0. The lowest BCUT2D eigenvalue weighted by Crippen LogP contribution is -2.40. The average Bonchev–Trinajstić information content (AvgIpc) is 3.36. The van der Waals surface area contributed by atoms with E-state index in [1.165, 1.54) is 4.40 Å². The van der Waals surface area contributed by atoms with Crippen LogP contribution in [-0.2, 0) is 6.18 Å². The van der Waals surface area contributed by atoms with Crippen LogP contribution >= 0.6 is 0 Å². The first kappa shape index (κ1) is 27.4. The Bertz CT molecular complexity index is 1590. The van der Waals surface area contributed by atoms with Gasteiger partial charge in [-0.05, 0) is 37.6 Å². The predicted octanol–water partition coefficient (Wildman–Crippen LogP) is 4.70. The lowest BCUT2D eigenvalue weighted by atomic mass is 10.00. The fourth-order valence-electron chi connectivity index (χ4n) is 5.01. The van der Waals surface area contributed by atoms with Crippen LogP contribution in [0.4, 0.5) is 33.6 Å². The van der Waals surface area contributed by atoms with E-state index in [4.69, 9.17) is 16.7 Å². The number of hydrazone groups is 1. The van der Waals surface area contributed by atoms with E-state index in [-0.39, 0.29) is 30.5 Å². The maximum Gasteiger partial charge on any atom is 0.434 e. The van der Waals surface area contributed by atoms with Gasteiger partial charge in [-0.3, -0.25) is 4.40 Å². The SMILES string of the molecule is Cc1cc(C(C)Nc2ccccc2/C(=N/N)NN)c2nc(N3CCC(F)(F)CC3)n3cc(C(F)(F)F)nc3c2c1. The van der Waals surface area contributed by atoms with Crippen molar-refractivity contribution < 1.29 is 22.0 Å². The van der Waals surface area contributed by atoms with E-state index in [1.54, 1.807) is 23.1 Å². The maximum absolute atomic E-state index is 13.9. The van der Waals surface area contributed by atoms with Crippen LogP contribution in [0, 0.1) is 6.92 Å². The molecule has 5 rings (SSSR count). The summed E-state index contributed by atoms with van der Waals surface area (Å²) in [5, 5.41) is 7.48. The van der Waals surface area contributed by atoms with E-state index in [1.807, 2.05) is 32.0 Å². The number of aryl methyl sites for hydroxylation is 1. The number of nitrogens with two attached hydrogens (primary N) is 2. The largest absolute Gasteiger partial charge is 0.434 e. The molecule has 4 aromatic rings. The molecule has 0 saturated carbocycles. The van der Waals surface area contributed by atoms with Crippen molar-refractivity contribution in [3.8, 4) is 0 Å². The highest BCUT2D eigenvalue weighted by Crippen LogP contribution is 2.37. The number of nitrogens with one attached hydrogen (secondary N) is 2. The molecule has 9 nitrogen and oxygen atoms in total. The molecule has 0 radical (unpaired) electrons. The van der Waals surface area contributed by atoms with Crippen LogP contribution in [-0.4, -0.2) is 39.2 Å². The van der Waals surface area contributed by atoms with Crippen molar-refractivity contribution in [1.29, 1.82) is 0 Å². The van der Waals surface area contributed by atoms with Gasteiger partial charge in [0.15, 0.2) is 11.5 Å².